The van der Waals surface area contributed by atoms with E-state index in [0.717, 1.165) is 24.4 Å². The van der Waals surface area contributed by atoms with Crippen LogP contribution in [0.25, 0.3) is 10.1 Å². The Morgan fingerprint density at radius 3 is 3.05 bits per heavy atom. The minimum Gasteiger partial charge on any atom is -0.386 e. The normalized spacial score (nSPS) is 17.1. The van der Waals surface area contributed by atoms with Gasteiger partial charge < -0.3 is 15.2 Å². The molecule has 0 fully saturated rings. The first-order valence-electron chi connectivity index (χ1n) is 6.96. The Morgan fingerprint density at radius 2 is 2.25 bits per heavy atom. The molecule has 1 aliphatic rings. The Labute approximate surface area is 122 Å². The molecule has 3 nitrogen and oxygen atoms in total. The fraction of sp³-hybridized carbons (Fsp3) is 0.375. The lowest BCUT2D eigenvalue weighted by Crippen LogP contribution is -2.25. The molecule has 0 spiro atoms. The Balaban J connectivity index is 1.55. The van der Waals surface area contributed by atoms with Crippen LogP contribution < -0.4 is 5.32 Å². The van der Waals surface area contributed by atoms with Crippen molar-refractivity contribution in [3.63, 3.8) is 0 Å². The minimum absolute atomic E-state index is 0.447. The van der Waals surface area contributed by atoms with Crippen LogP contribution in [0, 0.1) is 0 Å². The number of aliphatic hydroxyl groups is 1. The number of nitrogens with one attached hydrogen (secondary N) is 1. The van der Waals surface area contributed by atoms with Gasteiger partial charge >= 0.3 is 0 Å². The highest BCUT2D eigenvalue weighted by Crippen LogP contribution is 2.29. The van der Waals surface area contributed by atoms with Crippen LogP contribution in [-0.2, 0) is 4.74 Å². The van der Waals surface area contributed by atoms with Gasteiger partial charge in [-0.3, -0.25) is 0 Å². The van der Waals surface area contributed by atoms with Gasteiger partial charge in [-0.1, -0.05) is 24.3 Å². The maximum Gasteiger partial charge on any atom is 0.101 e. The molecule has 1 aromatic heterocycles. The van der Waals surface area contributed by atoms with E-state index in [-0.39, 0.29) is 0 Å². The van der Waals surface area contributed by atoms with Gasteiger partial charge in [0.2, 0.25) is 0 Å². The first-order chi connectivity index (χ1) is 9.83. The number of rotatable bonds is 5. The molecule has 1 atom stereocenters. The third kappa shape index (κ3) is 3.27. The maximum absolute atomic E-state index is 10.2. The topological polar surface area (TPSA) is 41.5 Å². The summed E-state index contributed by atoms with van der Waals surface area (Å²) in [5.74, 6) is 0. The van der Waals surface area contributed by atoms with E-state index >= 15 is 0 Å². The van der Waals surface area contributed by atoms with Crippen LogP contribution in [0.15, 0.2) is 42.0 Å². The summed E-state index contributed by atoms with van der Waals surface area (Å²) in [7, 11) is 0. The predicted molar refractivity (Wildman–Crippen MR) is 83.2 cm³/mol. The van der Waals surface area contributed by atoms with Crippen LogP contribution in [0.5, 0.6) is 0 Å². The summed E-state index contributed by atoms with van der Waals surface area (Å²) in [6.07, 6.45) is 2.77. The van der Waals surface area contributed by atoms with E-state index in [4.69, 9.17) is 4.74 Å². The SMILES string of the molecule is OC(CNCC1=CCCOC1)c1cc2ccccc2s1. The fourth-order valence-electron chi connectivity index (χ4n) is 2.37. The minimum atomic E-state index is -0.447. The summed E-state index contributed by atoms with van der Waals surface area (Å²) in [6.45, 7) is 2.91. The molecular formula is C16H19NO2S. The molecule has 0 amide bonds. The summed E-state index contributed by atoms with van der Waals surface area (Å²) < 4.78 is 6.62. The molecule has 3 rings (SSSR count). The second-order valence-corrected chi connectivity index (χ2v) is 6.15. The summed E-state index contributed by atoms with van der Waals surface area (Å²) in [6, 6.07) is 10.3. The standard InChI is InChI=1S/C16H19NO2S/c18-14(10-17-9-12-4-3-7-19-11-12)16-8-13-5-1-2-6-15(13)20-16/h1-2,4-6,8,14,17-18H,3,7,9-11H2. The van der Waals surface area contributed by atoms with Crippen molar-refractivity contribution in [2.45, 2.75) is 12.5 Å². The molecule has 106 valence electrons. The lowest BCUT2D eigenvalue weighted by Gasteiger charge is -2.15. The van der Waals surface area contributed by atoms with Crippen LogP contribution in [0.4, 0.5) is 0 Å². The molecule has 0 saturated heterocycles. The van der Waals surface area contributed by atoms with Gasteiger partial charge in [-0.15, -0.1) is 11.3 Å². The van der Waals surface area contributed by atoms with Crippen molar-refractivity contribution in [1.29, 1.82) is 0 Å². The van der Waals surface area contributed by atoms with Crippen molar-refractivity contribution in [2.24, 2.45) is 0 Å². The highest BCUT2D eigenvalue weighted by atomic mass is 32.1. The van der Waals surface area contributed by atoms with Crippen LogP contribution in [0.1, 0.15) is 17.4 Å². The molecule has 1 unspecified atom stereocenters. The summed E-state index contributed by atoms with van der Waals surface area (Å²) in [5, 5.41) is 14.8. The van der Waals surface area contributed by atoms with Gasteiger partial charge in [-0.2, -0.15) is 0 Å². The molecule has 2 aromatic rings. The predicted octanol–water partition coefficient (Wildman–Crippen LogP) is 2.87. The largest absolute Gasteiger partial charge is 0.386 e. The molecule has 0 bridgehead atoms. The smallest absolute Gasteiger partial charge is 0.101 e. The third-order valence-corrected chi connectivity index (χ3v) is 4.66. The van der Waals surface area contributed by atoms with Gasteiger partial charge in [0, 0.05) is 22.7 Å². The van der Waals surface area contributed by atoms with Crippen LogP contribution in [0.2, 0.25) is 0 Å². The molecular weight excluding hydrogens is 270 g/mol. The fourth-order valence-corrected chi connectivity index (χ4v) is 3.42. The van der Waals surface area contributed by atoms with Crippen molar-refractivity contribution >= 4 is 21.4 Å². The number of thiophene rings is 1. The van der Waals surface area contributed by atoms with Gasteiger partial charge in [0.1, 0.15) is 6.10 Å². The Kier molecular flexibility index (Phi) is 4.47. The molecule has 1 aromatic carbocycles. The number of hydrogen-bond donors (Lipinski definition) is 2. The summed E-state index contributed by atoms with van der Waals surface area (Å²) >= 11 is 1.66. The van der Waals surface area contributed by atoms with E-state index in [0.29, 0.717) is 13.2 Å². The molecule has 2 heterocycles. The number of ether oxygens (including phenoxy) is 1. The average Bonchev–Trinajstić information content (AvgIpc) is 2.92. The molecule has 2 N–H and O–H groups in total. The molecule has 4 heteroatoms. The Morgan fingerprint density at radius 1 is 1.35 bits per heavy atom. The maximum atomic E-state index is 10.2. The van der Waals surface area contributed by atoms with Crippen LogP contribution in [-0.4, -0.2) is 31.4 Å². The van der Waals surface area contributed by atoms with Crippen molar-refractivity contribution < 1.29 is 9.84 Å². The number of hydrogen-bond acceptors (Lipinski definition) is 4. The number of fused-ring (bicyclic) bond motifs is 1. The van der Waals surface area contributed by atoms with Crippen LogP contribution >= 0.6 is 11.3 Å². The van der Waals surface area contributed by atoms with Crippen molar-refractivity contribution in [2.75, 3.05) is 26.3 Å². The first kappa shape index (κ1) is 13.8. The quantitative estimate of drug-likeness (QED) is 0.832. The van der Waals surface area contributed by atoms with Crippen molar-refractivity contribution in [1.82, 2.24) is 5.32 Å². The molecule has 0 radical (unpaired) electrons. The van der Waals surface area contributed by atoms with Crippen molar-refractivity contribution in [3.8, 4) is 0 Å². The monoisotopic (exact) mass is 289 g/mol. The van der Waals surface area contributed by atoms with Crippen molar-refractivity contribution in [3.05, 3.63) is 46.9 Å². The third-order valence-electron chi connectivity index (χ3n) is 3.45. The average molecular weight is 289 g/mol. The molecule has 0 saturated carbocycles. The Bertz CT molecular complexity index is 572. The van der Waals surface area contributed by atoms with Gasteiger partial charge in [0.15, 0.2) is 0 Å². The van der Waals surface area contributed by atoms with E-state index in [1.807, 2.05) is 12.1 Å². The zero-order valence-electron chi connectivity index (χ0n) is 11.3. The zero-order valence-corrected chi connectivity index (χ0v) is 12.2. The van der Waals surface area contributed by atoms with E-state index in [9.17, 15) is 5.11 Å². The Hall–Kier alpha value is -1.20. The van der Waals surface area contributed by atoms with Gasteiger partial charge in [-0.25, -0.2) is 0 Å². The zero-order chi connectivity index (χ0) is 13.8. The summed E-state index contributed by atoms with van der Waals surface area (Å²) in [5.41, 5.74) is 1.28. The van der Waals surface area contributed by atoms with Gasteiger partial charge in [0.05, 0.1) is 13.2 Å². The summed E-state index contributed by atoms with van der Waals surface area (Å²) in [4.78, 5) is 1.02. The highest BCUT2D eigenvalue weighted by Gasteiger charge is 2.11. The lowest BCUT2D eigenvalue weighted by molar-refractivity contribution is 0.146. The van der Waals surface area contributed by atoms with Crippen LogP contribution in [0.3, 0.4) is 0 Å². The van der Waals surface area contributed by atoms with E-state index < -0.39 is 6.10 Å². The van der Waals surface area contributed by atoms with E-state index in [1.165, 1.54) is 15.7 Å². The van der Waals surface area contributed by atoms with E-state index in [1.54, 1.807) is 11.3 Å². The first-order valence-corrected chi connectivity index (χ1v) is 7.77. The number of benzene rings is 1. The molecule has 1 aliphatic heterocycles. The van der Waals surface area contributed by atoms with E-state index in [2.05, 4.69) is 29.6 Å². The highest BCUT2D eigenvalue weighted by molar-refractivity contribution is 7.19. The van der Waals surface area contributed by atoms with Gasteiger partial charge in [-0.05, 0) is 29.5 Å². The second kappa shape index (κ2) is 6.50. The number of aliphatic hydroxyl groups excluding tert-OH is 1. The lowest BCUT2D eigenvalue weighted by atomic mass is 10.2. The van der Waals surface area contributed by atoms with Gasteiger partial charge in [0.25, 0.3) is 0 Å². The molecule has 0 aliphatic carbocycles. The second-order valence-electron chi connectivity index (χ2n) is 5.04. The molecule has 20 heavy (non-hydrogen) atoms.